The first-order chi connectivity index (χ1) is 8.69. The number of hydrogen-bond acceptors (Lipinski definition) is 3. The van der Waals surface area contributed by atoms with Gasteiger partial charge in [0.15, 0.2) is 0 Å². The van der Waals surface area contributed by atoms with E-state index in [0.29, 0.717) is 0 Å². The standard InChI is InChI=1S/C14H20N4/c1-3-18-14(16-10-17-18)9-13(15)8-12-6-4-11(2)5-7-12/h4-7,10,13H,3,8-9,15H2,1-2H3. The van der Waals surface area contributed by atoms with Gasteiger partial charge >= 0.3 is 0 Å². The lowest BCUT2D eigenvalue weighted by Crippen LogP contribution is -2.27. The van der Waals surface area contributed by atoms with Crippen molar-refractivity contribution in [3.63, 3.8) is 0 Å². The smallest absolute Gasteiger partial charge is 0.138 e. The molecule has 2 aromatic rings. The van der Waals surface area contributed by atoms with Crippen LogP contribution in [-0.2, 0) is 19.4 Å². The van der Waals surface area contributed by atoms with E-state index in [4.69, 9.17) is 5.73 Å². The number of aryl methyl sites for hydroxylation is 2. The van der Waals surface area contributed by atoms with Crippen LogP contribution in [0.25, 0.3) is 0 Å². The Morgan fingerprint density at radius 1 is 1.22 bits per heavy atom. The fraction of sp³-hybridized carbons (Fsp3) is 0.429. The number of hydrogen-bond donors (Lipinski definition) is 1. The van der Waals surface area contributed by atoms with Crippen molar-refractivity contribution in [2.75, 3.05) is 0 Å². The summed E-state index contributed by atoms with van der Waals surface area (Å²) in [6.45, 7) is 4.99. The van der Waals surface area contributed by atoms with E-state index < -0.39 is 0 Å². The van der Waals surface area contributed by atoms with Gasteiger partial charge in [-0.25, -0.2) is 4.98 Å². The molecule has 96 valence electrons. The Morgan fingerprint density at radius 3 is 2.61 bits per heavy atom. The van der Waals surface area contributed by atoms with Crippen molar-refractivity contribution in [1.29, 1.82) is 0 Å². The predicted octanol–water partition coefficient (Wildman–Crippen LogP) is 1.72. The molecule has 0 aliphatic heterocycles. The molecule has 2 N–H and O–H groups in total. The zero-order chi connectivity index (χ0) is 13.0. The van der Waals surface area contributed by atoms with Crippen molar-refractivity contribution >= 4 is 0 Å². The molecule has 2 rings (SSSR count). The third-order valence-electron chi connectivity index (χ3n) is 3.06. The molecule has 0 saturated carbocycles. The van der Waals surface area contributed by atoms with Crippen LogP contribution in [0.3, 0.4) is 0 Å². The Balaban J connectivity index is 1.96. The van der Waals surface area contributed by atoms with Crippen LogP contribution in [0.2, 0.25) is 0 Å². The van der Waals surface area contributed by atoms with E-state index in [1.807, 2.05) is 4.68 Å². The van der Waals surface area contributed by atoms with Crippen LogP contribution in [0, 0.1) is 6.92 Å². The average molecular weight is 244 g/mol. The highest BCUT2D eigenvalue weighted by Gasteiger charge is 2.10. The molecule has 1 aromatic carbocycles. The van der Waals surface area contributed by atoms with Crippen molar-refractivity contribution in [2.24, 2.45) is 5.73 Å². The van der Waals surface area contributed by atoms with Gasteiger partial charge in [0.05, 0.1) is 0 Å². The number of aromatic nitrogens is 3. The largest absolute Gasteiger partial charge is 0.327 e. The second kappa shape index (κ2) is 5.78. The summed E-state index contributed by atoms with van der Waals surface area (Å²) in [4.78, 5) is 4.25. The van der Waals surface area contributed by atoms with Crippen LogP contribution >= 0.6 is 0 Å². The fourth-order valence-corrected chi connectivity index (χ4v) is 2.04. The Kier molecular flexibility index (Phi) is 4.10. The maximum Gasteiger partial charge on any atom is 0.138 e. The molecule has 0 radical (unpaired) electrons. The SMILES string of the molecule is CCn1ncnc1CC(N)Cc1ccc(C)cc1. The highest BCUT2D eigenvalue weighted by atomic mass is 15.3. The second-order valence-corrected chi connectivity index (χ2v) is 4.65. The number of nitrogens with two attached hydrogens (primary N) is 1. The summed E-state index contributed by atoms with van der Waals surface area (Å²) in [5.41, 5.74) is 8.73. The molecular weight excluding hydrogens is 224 g/mol. The highest BCUT2D eigenvalue weighted by Crippen LogP contribution is 2.08. The fourth-order valence-electron chi connectivity index (χ4n) is 2.04. The van der Waals surface area contributed by atoms with Gasteiger partial charge in [-0.2, -0.15) is 5.10 Å². The summed E-state index contributed by atoms with van der Waals surface area (Å²) in [7, 11) is 0. The molecule has 1 aromatic heterocycles. The van der Waals surface area contributed by atoms with Gasteiger partial charge in [0.2, 0.25) is 0 Å². The van der Waals surface area contributed by atoms with Crippen LogP contribution in [0.5, 0.6) is 0 Å². The lowest BCUT2D eigenvalue weighted by Gasteiger charge is -2.11. The minimum atomic E-state index is 0.0854. The Bertz CT molecular complexity index is 487. The summed E-state index contributed by atoms with van der Waals surface area (Å²) in [6, 6.07) is 8.61. The first-order valence-electron chi connectivity index (χ1n) is 6.37. The maximum absolute atomic E-state index is 6.18. The van der Waals surface area contributed by atoms with E-state index >= 15 is 0 Å². The lowest BCUT2D eigenvalue weighted by atomic mass is 10.0. The van der Waals surface area contributed by atoms with Gasteiger partial charge in [0.25, 0.3) is 0 Å². The van der Waals surface area contributed by atoms with Crippen molar-refractivity contribution in [2.45, 2.75) is 39.3 Å². The first-order valence-corrected chi connectivity index (χ1v) is 6.37. The molecule has 4 nitrogen and oxygen atoms in total. The van der Waals surface area contributed by atoms with Gasteiger partial charge in [-0.15, -0.1) is 0 Å². The average Bonchev–Trinajstić information content (AvgIpc) is 2.79. The molecule has 0 fully saturated rings. The first kappa shape index (κ1) is 12.8. The summed E-state index contributed by atoms with van der Waals surface area (Å²) < 4.78 is 1.90. The van der Waals surface area contributed by atoms with E-state index in [9.17, 15) is 0 Å². The predicted molar refractivity (Wildman–Crippen MR) is 72.3 cm³/mol. The Hall–Kier alpha value is -1.68. The Labute approximate surface area is 108 Å². The van der Waals surface area contributed by atoms with Crippen molar-refractivity contribution in [3.05, 3.63) is 47.5 Å². The zero-order valence-electron chi connectivity index (χ0n) is 11.0. The summed E-state index contributed by atoms with van der Waals surface area (Å²) in [5.74, 6) is 0.970. The van der Waals surface area contributed by atoms with Crippen molar-refractivity contribution in [1.82, 2.24) is 14.8 Å². The number of rotatable bonds is 5. The molecule has 0 aliphatic carbocycles. The monoisotopic (exact) mass is 244 g/mol. The molecule has 1 heterocycles. The van der Waals surface area contributed by atoms with Crippen LogP contribution in [0.1, 0.15) is 23.9 Å². The molecule has 0 aliphatic rings. The summed E-state index contributed by atoms with van der Waals surface area (Å²) in [6.07, 6.45) is 3.23. The van der Waals surface area contributed by atoms with Crippen LogP contribution in [-0.4, -0.2) is 20.8 Å². The summed E-state index contributed by atoms with van der Waals surface area (Å²) in [5, 5.41) is 4.16. The van der Waals surface area contributed by atoms with Gasteiger partial charge < -0.3 is 5.73 Å². The second-order valence-electron chi connectivity index (χ2n) is 4.65. The maximum atomic E-state index is 6.18. The molecule has 1 atom stereocenters. The third kappa shape index (κ3) is 3.17. The third-order valence-corrected chi connectivity index (χ3v) is 3.06. The number of nitrogens with zero attached hydrogens (tertiary/aromatic N) is 3. The van der Waals surface area contributed by atoms with Gasteiger partial charge in [-0.3, -0.25) is 4.68 Å². The lowest BCUT2D eigenvalue weighted by molar-refractivity contribution is 0.567. The van der Waals surface area contributed by atoms with Gasteiger partial charge in [-0.1, -0.05) is 29.8 Å². The van der Waals surface area contributed by atoms with E-state index in [0.717, 1.165) is 25.2 Å². The molecule has 0 amide bonds. The topological polar surface area (TPSA) is 56.7 Å². The molecule has 0 spiro atoms. The van der Waals surface area contributed by atoms with Gasteiger partial charge in [0, 0.05) is 19.0 Å². The summed E-state index contributed by atoms with van der Waals surface area (Å²) >= 11 is 0. The van der Waals surface area contributed by atoms with E-state index in [-0.39, 0.29) is 6.04 Å². The minimum Gasteiger partial charge on any atom is -0.327 e. The van der Waals surface area contributed by atoms with E-state index in [1.165, 1.54) is 11.1 Å². The quantitative estimate of drug-likeness (QED) is 0.871. The number of benzene rings is 1. The molecule has 1 unspecified atom stereocenters. The van der Waals surface area contributed by atoms with Gasteiger partial charge in [0.1, 0.15) is 12.2 Å². The molecule has 4 heteroatoms. The van der Waals surface area contributed by atoms with Crippen molar-refractivity contribution in [3.8, 4) is 0 Å². The van der Waals surface area contributed by atoms with Crippen LogP contribution < -0.4 is 5.73 Å². The zero-order valence-corrected chi connectivity index (χ0v) is 11.0. The van der Waals surface area contributed by atoms with Gasteiger partial charge in [-0.05, 0) is 25.8 Å². The molecule has 18 heavy (non-hydrogen) atoms. The van der Waals surface area contributed by atoms with Crippen LogP contribution in [0.4, 0.5) is 0 Å². The van der Waals surface area contributed by atoms with Crippen LogP contribution in [0.15, 0.2) is 30.6 Å². The Morgan fingerprint density at radius 2 is 1.94 bits per heavy atom. The molecule has 0 saturated heterocycles. The molecular formula is C14H20N4. The van der Waals surface area contributed by atoms with E-state index in [1.54, 1.807) is 6.33 Å². The molecule has 0 bridgehead atoms. The highest BCUT2D eigenvalue weighted by molar-refractivity contribution is 5.22. The normalized spacial score (nSPS) is 12.6. The minimum absolute atomic E-state index is 0.0854. The van der Waals surface area contributed by atoms with Crippen molar-refractivity contribution < 1.29 is 0 Å². The van der Waals surface area contributed by atoms with E-state index in [2.05, 4.69) is 48.2 Å².